The molecule has 110 valence electrons. The first-order valence-corrected chi connectivity index (χ1v) is 6.97. The minimum absolute atomic E-state index is 0.116. The number of carboxylic acids is 1. The predicted molar refractivity (Wildman–Crippen MR) is 80.9 cm³/mol. The Morgan fingerprint density at radius 2 is 1.95 bits per heavy atom. The average Bonchev–Trinajstić information content (AvgIpc) is 2.34. The SMILES string of the molecule is CC(C)CCn1c(C(C)C)ccc(/C=C/C(=O)O)c1=O. The Balaban J connectivity index is 3.23. The van der Waals surface area contributed by atoms with Crippen molar-refractivity contribution in [2.24, 2.45) is 5.92 Å². The van der Waals surface area contributed by atoms with Crippen LogP contribution in [-0.4, -0.2) is 15.6 Å². The van der Waals surface area contributed by atoms with Crippen LogP contribution in [0.25, 0.3) is 6.08 Å². The summed E-state index contributed by atoms with van der Waals surface area (Å²) >= 11 is 0. The molecule has 4 heteroatoms. The van der Waals surface area contributed by atoms with Crippen LogP contribution in [-0.2, 0) is 11.3 Å². The molecule has 1 rings (SSSR count). The van der Waals surface area contributed by atoms with Crippen LogP contribution in [0.2, 0.25) is 0 Å². The van der Waals surface area contributed by atoms with Gasteiger partial charge in [-0.05, 0) is 36.5 Å². The van der Waals surface area contributed by atoms with Crippen LogP contribution in [0.5, 0.6) is 0 Å². The van der Waals surface area contributed by atoms with E-state index in [2.05, 4.69) is 13.8 Å². The largest absolute Gasteiger partial charge is 0.478 e. The molecule has 0 radical (unpaired) electrons. The molecule has 0 atom stereocenters. The molecule has 0 aliphatic rings. The molecule has 0 fully saturated rings. The third kappa shape index (κ3) is 4.37. The van der Waals surface area contributed by atoms with Crippen LogP contribution in [0.3, 0.4) is 0 Å². The Bertz CT molecular complexity index is 553. The van der Waals surface area contributed by atoms with Gasteiger partial charge < -0.3 is 9.67 Å². The number of rotatable bonds is 6. The summed E-state index contributed by atoms with van der Waals surface area (Å²) in [5.41, 5.74) is 1.29. The number of hydrogen-bond donors (Lipinski definition) is 1. The lowest BCUT2D eigenvalue weighted by atomic mass is 10.1. The Morgan fingerprint density at radius 3 is 2.45 bits per heavy atom. The van der Waals surface area contributed by atoms with Gasteiger partial charge in [0.15, 0.2) is 0 Å². The van der Waals surface area contributed by atoms with Crippen molar-refractivity contribution in [1.82, 2.24) is 4.57 Å². The van der Waals surface area contributed by atoms with Crippen molar-refractivity contribution in [2.45, 2.75) is 46.6 Å². The van der Waals surface area contributed by atoms with Crippen molar-refractivity contribution >= 4 is 12.0 Å². The van der Waals surface area contributed by atoms with Gasteiger partial charge in [0.1, 0.15) is 0 Å². The summed E-state index contributed by atoms with van der Waals surface area (Å²) in [6, 6.07) is 3.61. The molecule has 1 aromatic rings. The highest BCUT2D eigenvalue weighted by molar-refractivity contribution is 5.85. The highest BCUT2D eigenvalue weighted by Gasteiger charge is 2.11. The van der Waals surface area contributed by atoms with E-state index in [1.807, 2.05) is 19.9 Å². The summed E-state index contributed by atoms with van der Waals surface area (Å²) in [6.45, 7) is 9.00. The predicted octanol–water partition coefficient (Wildman–Crippen LogP) is 3.12. The number of nitrogens with zero attached hydrogens (tertiary/aromatic N) is 1. The summed E-state index contributed by atoms with van der Waals surface area (Å²) in [5.74, 6) is -0.279. The maximum absolute atomic E-state index is 12.4. The van der Waals surface area contributed by atoms with E-state index >= 15 is 0 Å². The molecule has 0 saturated carbocycles. The molecule has 1 heterocycles. The maximum atomic E-state index is 12.4. The van der Waals surface area contributed by atoms with Gasteiger partial charge in [-0.1, -0.05) is 27.7 Å². The van der Waals surface area contributed by atoms with Gasteiger partial charge in [-0.2, -0.15) is 0 Å². The zero-order valence-corrected chi connectivity index (χ0v) is 12.6. The summed E-state index contributed by atoms with van der Waals surface area (Å²) in [6.07, 6.45) is 3.28. The van der Waals surface area contributed by atoms with E-state index in [-0.39, 0.29) is 11.5 Å². The summed E-state index contributed by atoms with van der Waals surface area (Å²) in [7, 11) is 0. The standard InChI is InChI=1S/C16H23NO3/c1-11(2)9-10-17-14(12(3)4)7-5-13(16(17)20)6-8-15(18)19/h5-8,11-12H,9-10H2,1-4H3,(H,18,19)/b8-6+. The second-order valence-corrected chi connectivity index (χ2v) is 5.68. The molecular formula is C16H23NO3. The van der Waals surface area contributed by atoms with E-state index in [0.717, 1.165) is 18.2 Å². The van der Waals surface area contributed by atoms with Crippen LogP contribution in [0, 0.1) is 5.92 Å². The summed E-state index contributed by atoms with van der Waals surface area (Å²) in [4.78, 5) is 23.0. The van der Waals surface area contributed by atoms with Gasteiger partial charge in [0.2, 0.25) is 0 Å². The molecule has 0 bridgehead atoms. The summed E-state index contributed by atoms with van der Waals surface area (Å²) < 4.78 is 1.77. The van der Waals surface area contributed by atoms with Crippen LogP contribution in [0.4, 0.5) is 0 Å². The lowest BCUT2D eigenvalue weighted by Gasteiger charge is -2.17. The van der Waals surface area contributed by atoms with Crippen LogP contribution >= 0.6 is 0 Å². The van der Waals surface area contributed by atoms with Gasteiger partial charge in [0.05, 0.1) is 0 Å². The van der Waals surface area contributed by atoms with E-state index in [4.69, 9.17) is 5.11 Å². The fraction of sp³-hybridized carbons (Fsp3) is 0.500. The van der Waals surface area contributed by atoms with Crippen LogP contribution < -0.4 is 5.56 Å². The third-order valence-electron chi connectivity index (χ3n) is 3.16. The lowest BCUT2D eigenvalue weighted by molar-refractivity contribution is -0.131. The summed E-state index contributed by atoms with van der Waals surface area (Å²) in [5, 5.41) is 8.66. The van der Waals surface area contributed by atoms with Crippen molar-refractivity contribution in [3.8, 4) is 0 Å². The van der Waals surface area contributed by atoms with Crippen molar-refractivity contribution in [1.29, 1.82) is 0 Å². The van der Waals surface area contributed by atoms with E-state index in [0.29, 0.717) is 18.0 Å². The zero-order valence-electron chi connectivity index (χ0n) is 12.6. The first-order chi connectivity index (χ1) is 9.32. The van der Waals surface area contributed by atoms with Gasteiger partial charge in [0, 0.05) is 23.9 Å². The van der Waals surface area contributed by atoms with Gasteiger partial charge in [0.25, 0.3) is 5.56 Å². The topological polar surface area (TPSA) is 59.3 Å². The molecule has 0 spiro atoms. The Labute approximate surface area is 119 Å². The molecule has 20 heavy (non-hydrogen) atoms. The molecule has 0 aliphatic heterocycles. The van der Waals surface area contributed by atoms with Crippen LogP contribution in [0.1, 0.15) is 51.3 Å². The molecule has 0 amide bonds. The first kappa shape index (κ1) is 16.2. The third-order valence-corrected chi connectivity index (χ3v) is 3.16. The van der Waals surface area contributed by atoms with E-state index in [1.165, 1.54) is 6.08 Å². The molecule has 4 nitrogen and oxygen atoms in total. The van der Waals surface area contributed by atoms with Gasteiger partial charge in [-0.25, -0.2) is 4.79 Å². The smallest absolute Gasteiger partial charge is 0.328 e. The second kappa shape index (κ2) is 7.08. The maximum Gasteiger partial charge on any atom is 0.328 e. The fourth-order valence-corrected chi connectivity index (χ4v) is 2.02. The number of pyridine rings is 1. The zero-order chi connectivity index (χ0) is 15.3. The average molecular weight is 277 g/mol. The Hall–Kier alpha value is -1.84. The highest BCUT2D eigenvalue weighted by atomic mass is 16.4. The monoisotopic (exact) mass is 277 g/mol. The second-order valence-electron chi connectivity index (χ2n) is 5.68. The number of hydrogen-bond acceptors (Lipinski definition) is 2. The van der Waals surface area contributed by atoms with Crippen molar-refractivity contribution < 1.29 is 9.90 Å². The Kier molecular flexibility index (Phi) is 5.74. The molecule has 0 aromatic carbocycles. The van der Waals surface area contributed by atoms with Crippen LogP contribution in [0.15, 0.2) is 23.0 Å². The number of carboxylic acid groups (broad SMARTS) is 1. The number of aromatic nitrogens is 1. The fourth-order valence-electron chi connectivity index (χ4n) is 2.02. The van der Waals surface area contributed by atoms with E-state index < -0.39 is 5.97 Å². The Morgan fingerprint density at radius 1 is 1.30 bits per heavy atom. The van der Waals surface area contributed by atoms with Gasteiger partial charge in [-0.3, -0.25) is 4.79 Å². The van der Waals surface area contributed by atoms with Gasteiger partial charge in [-0.15, -0.1) is 0 Å². The minimum Gasteiger partial charge on any atom is -0.478 e. The van der Waals surface area contributed by atoms with Gasteiger partial charge >= 0.3 is 5.97 Å². The molecule has 1 aromatic heterocycles. The van der Waals surface area contributed by atoms with Crippen molar-refractivity contribution in [3.63, 3.8) is 0 Å². The molecule has 1 N–H and O–H groups in total. The molecular weight excluding hydrogens is 254 g/mol. The first-order valence-electron chi connectivity index (χ1n) is 6.97. The highest BCUT2D eigenvalue weighted by Crippen LogP contribution is 2.15. The normalized spacial score (nSPS) is 11.7. The number of aliphatic carboxylic acids is 1. The quantitative estimate of drug-likeness (QED) is 0.813. The minimum atomic E-state index is -1.05. The van der Waals surface area contributed by atoms with Crippen molar-refractivity contribution in [2.75, 3.05) is 0 Å². The van der Waals surface area contributed by atoms with E-state index in [1.54, 1.807) is 10.6 Å². The molecule has 0 unspecified atom stereocenters. The molecule has 0 aliphatic carbocycles. The molecule has 0 saturated heterocycles. The van der Waals surface area contributed by atoms with E-state index in [9.17, 15) is 9.59 Å². The lowest BCUT2D eigenvalue weighted by Crippen LogP contribution is -2.26. The van der Waals surface area contributed by atoms with Crippen molar-refractivity contribution in [3.05, 3.63) is 39.8 Å². The number of carbonyl (C=O) groups is 1.